The van der Waals surface area contributed by atoms with Crippen LogP contribution in [0.4, 0.5) is 18.9 Å². The van der Waals surface area contributed by atoms with Crippen LogP contribution in [-0.2, 0) is 6.18 Å². The summed E-state index contributed by atoms with van der Waals surface area (Å²) in [5.74, 6) is -0.599. The lowest BCUT2D eigenvalue weighted by Crippen LogP contribution is -2.30. The number of nitrogen functional groups attached to an aromatic ring is 1. The lowest BCUT2D eigenvalue weighted by molar-refractivity contribution is -0.141. The third-order valence-corrected chi connectivity index (χ3v) is 3.85. The van der Waals surface area contributed by atoms with Crippen molar-refractivity contribution in [3.05, 3.63) is 47.8 Å². The van der Waals surface area contributed by atoms with Crippen LogP contribution in [0, 0.1) is 0 Å². The Bertz CT molecular complexity index is 765. The molecule has 1 fully saturated rings. The molecule has 1 aliphatic heterocycles. The average Bonchev–Trinajstić information content (AvgIpc) is 3.04. The summed E-state index contributed by atoms with van der Waals surface area (Å²) in [6, 6.07) is 4.02. The smallest absolute Gasteiger partial charge is 0.397 e. The molecule has 2 aromatic heterocycles. The van der Waals surface area contributed by atoms with Gasteiger partial charge in [-0.2, -0.15) is 13.2 Å². The van der Waals surface area contributed by atoms with Crippen molar-refractivity contribution in [3.8, 4) is 0 Å². The number of nitrogens with two attached hydrogens (primary N) is 1. The summed E-state index contributed by atoms with van der Waals surface area (Å²) in [5, 5.41) is 0. The zero-order chi connectivity index (χ0) is 17.3. The third kappa shape index (κ3) is 3.15. The summed E-state index contributed by atoms with van der Waals surface area (Å²) in [6.07, 6.45) is -1.48. The molecule has 126 valence electrons. The second kappa shape index (κ2) is 6.06. The van der Waals surface area contributed by atoms with Crippen LogP contribution in [0.1, 0.15) is 34.3 Å². The molecule has 0 bridgehead atoms. The highest BCUT2D eigenvalue weighted by Gasteiger charge is 2.35. The molecule has 1 atom stereocenters. The standard InChI is InChI=1S/C15H14F3N5O/c16-15(17,18)11-3-6-21-13(22-11)9-4-7-23(8-9)14(24)12-10(19)2-1-5-20-12/h1-3,5-6,9H,4,7-8,19H2. The first-order chi connectivity index (χ1) is 11.4. The van der Waals surface area contributed by atoms with E-state index in [4.69, 9.17) is 5.73 Å². The summed E-state index contributed by atoms with van der Waals surface area (Å²) in [5.41, 5.74) is 5.17. The number of alkyl halides is 3. The number of carbonyl (C=O) groups excluding carboxylic acids is 1. The van der Waals surface area contributed by atoms with Gasteiger partial charge in [0.1, 0.15) is 11.5 Å². The van der Waals surface area contributed by atoms with Gasteiger partial charge in [-0.05, 0) is 24.6 Å². The number of likely N-dealkylation sites (tertiary alicyclic amines) is 1. The van der Waals surface area contributed by atoms with E-state index in [9.17, 15) is 18.0 Å². The quantitative estimate of drug-likeness (QED) is 0.907. The van der Waals surface area contributed by atoms with E-state index in [-0.39, 0.29) is 35.6 Å². The van der Waals surface area contributed by atoms with Crippen molar-refractivity contribution in [2.75, 3.05) is 18.8 Å². The second-order valence-corrected chi connectivity index (χ2v) is 5.48. The van der Waals surface area contributed by atoms with Crippen molar-refractivity contribution in [1.82, 2.24) is 19.9 Å². The van der Waals surface area contributed by atoms with E-state index in [1.54, 1.807) is 12.1 Å². The number of nitrogens with zero attached hydrogens (tertiary/aromatic N) is 4. The van der Waals surface area contributed by atoms with E-state index >= 15 is 0 Å². The number of pyridine rings is 1. The summed E-state index contributed by atoms with van der Waals surface area (Å²) in [7, 11) is 0. The lowest BCUT2D eigenvalue weighted by Gasteiger charge is -2.16. The van der Waals surface area contributed by atoms with E-state index in [2.05, 4.69) is 15.0 Å². The maximum absolute atomic E-state index is 12.7. The Balaban J connectivity index is 1.76. The molecule has 1 saturated heterocycles. The first-order valence-corrected chi connectivity index (χ1v) is 7.26. The van der Waals surface area contributed by atoms with Gasteiger partial charge in [0.15, 0.2) is 5.69 Å². The van der Waals surface area contributed by atoms with Gasteiger partial charge < -0.3 is 10.6 Å². The van der Waals surface area contributed by atoms with Gasteiger partial charge in [-0.1, -0.05) is 0 Å². The predicted molar refractivity (Wildman–Crippen MR) is 78.9 cm³/mol. The van der Waals surface area contributed by atoms with Gasteiger partial charge in [-0.15, -0.1) is 0 Å². The molecule has 0 saturated carbocycles. The van der Waals surface area contributed by atoms with E-state index in [1.807, 2.05) is 0 Å². The minimum atomic E-state index is -4.52. The van der Waals surface area contributed by atoms with Gasteiger partial charge in [-0.3, -0.25) is 4.79 Å². The molecule has 1 amide bonds. The van der Waals surface area contributed by atoms with Crippen molar-refractivity contribution in [2.24, 2.45) is 0 Å². The van der Waals surface area contributed by atoms with Gasteiger partial charge in [0.25, 0.3) is 5.91 Å². The second-order valence-electron chi connectivity index (χ2n) is 5.48. The third-order valence-electron chi connectivity index (χ3n) is 3.85. The van der Waals surface area contributed by atoms with Crippen LogP contribution >= 0.6 is 0 Å². The predicted octanol–water partition coefficient (Wildman–Crippen LogP) is 2.10. The van der Waals surface area contributed by atoms with Gasteiger partial charge in [-0.25, -0.2) is 15.0 Å². The Morgan fingerprint density at radius 3 is 2.75 bits per heavy atom. The Morgan fingerprint density at radius 1 is 1.25 bits per heavy atom. The van der Waals surface area contributed by atoms with E-state index < -0.39 is 11.9 Å². The summed E-state index contributed by atoms with van der Waals surface area (Å²) < 4.78 is 38.2. The van der Waals surface area contributed by atoms with Gasteiger partial charge >= 0.3 is 6.18 Å². The normalized spacial score (nSPS) is 18.0. The average molecular weight is 337 g/mol. The molecule has 1 aliphatic rings. The zero-order valence-electron chi connectivity index (χ0n) is 12.5. The van der Waals surface area contributed by atoms with Crippen LogP contribution in [0.2, 0.25) is 0 Å². The lowest BCUT2D eigenvalue weighted by atomic mass is 10.1. The number of halogens is 3. The molecule has 2 N–H and O–H groups in total. The monoisotopic (exact) mass is 337 g/mol. The van der Waals surface area contributed by atoms with E-state index in [0.717, 1.165) is 12.3 Å². The van der Waals surface area contributed by atoms with E-state index in [0.29, 0.717) is 13.0 Å². The fraction of sp³-hybridized carbons (Fsp3) is 0.333. The van der Waals surface area contributed by atoms with Crippen LogP contribution in [0.3, 0.4) is 0 Å². The molecule has 3 heterocycles. The number of carbonyl (C=O) groups is 1. The fourth-order valence-electron chi connectivity index (χ4n) is 2.63. The number of rotatable bonds is 2. The largest absolute Gasteiger partial charge is 0.433 e. The van der Waals surface area contributed by atoms with Crippen molar-refractivity contribution >= 4 is 11.6 Å². The van der Waals surface area contributed by atoms with Gasteiger partial charge in [0.05, 0.1) is 5.69 Å². The molecule has 9 heteroatoms. The number of anilines is 1. The summed E-state index contributed by atoms with van der Waals surface area (Å²) >= 11 is 0. The Kier molecular flexibility index (Phi) is 4.08. The van der Waals surface area contributed by atoms with Gasteiger partial charge in [0, 0.05) is 31.4 Å². The SMILES string of the molecule is Nc1cccnc1C(=O)N1CCC(c2nccc(C(F)(F)F)n2)C1. The van der Waals surface area contributed by atoms with Crippen LogP contribution in [0.15, 0.2) is 30.6 Å². The number of hydrogen-bond donors (Lipinski definition) is 1. The highest BCUT2D eigenvalue weighted by molar-refractivity contribution is 5.97. The number of aromatic nitrogens is 3. The Labute approximate surface area is 135 Å². The Hall–Kier alpha value is -2.71. The molecule has 0 spiro atoms. The number of hydrogen-bond acceptors (Lipinski definition) is 5. The summed E-state index contributed by atoms with van der Waals surface area (Å²) in [6.45, 7) is 0.620. The maximum Gasteiger partial charge on any atom is 0.433 e. The molecular weight excluding hydrogens is 323 g/mol. The first-order valence-electron chi connectivity index (χ1n) is 7.26. The van der Waals surface area contributed by atoms with Crippen LogP contribution in [0.5, 0.6) is 0 Å². The molecule has 3 rings (SSSR count). The highest BCUT2D eigenvalue weighted by Crippen LogP contribution is 2.30. The molecule has 0 aromatic carbocycles. The first kappa shape index (κ1) is 16.2. The van der Waals surface area contributed by atoms with Crippen LogP contribution < -0.4 is 5.73 Å². The van der Waals surface area contributed by atoms with Crippen molar-refractivity contribution in [2.45, 2.75) is 18.5 Å². The molecule has 2 aromatic rings. The van der Waals surface area contributed by atoms with E-state index in [1.165, 1.54) is 11.1 Å². The maximum atomic E-state index is 12.7. The Morgan fingerprint density at radius 2 is 2.04 bits per heavy atom. The van der Waals surface area contributed by atoms with Crippen molar-refractivity contribution in [3.63, 3.8) is 0 Å². The molecule has 1 unspecified atom stereocenters. The molecule has 24 heavy (non-hydrogen) atoms. The fourth-order valence-corrected chi connectivity index (χ4v) is 2.63. The van der Waals surface area contributed by atoms with Gasteiger partial charge in [0.2, 0.25) is 0 Å². The van der Waals surface area contributed by atoms with Crippen LogP contribution in [-0.4, -0.2) is 38.8 Å². The molecule has 6 nitrogen and oxygen atoms in total. The molecular formula is C15H14F3N5O. The topological polar surface area (TPSA) is 85.0 Å². The zero-order valence-corrected chi connectivity index (χ0v) is 12.5. The summed E-state index contributed by atoms with van der Waals surface area (Å²) in [4.78, 5) is 25.4. The molecule has 0 radical (unpaired) electrons. The minimum Gasteiger partial charge on any atom is -0.397 e. The molecule has 0 aliphatic carbocycles. The number of amides is 1. The minimum absolute atomic E-state index is 0.0918. The van der Waals surface area contributed by atoms with Crippen LogP contribution in [0.25, 0.3) is 0 Å². The van der Waals surface area contributed by atoms with Crippen molar-refractivity contribution in [1.29, 1.82) is 0 Å². The van der Waals surface area contributed by atoms with Crippen molar-refractivity contribution < 1.29 is 18.0 Å². The highest BCUT2D eigenvalue weighted by atomic mass is 19.4.